The van der Waals surface area contributed by atoms with Crippen LogP contribution in [0.4, 0.5) is 14.4 Å². The largest absolute Gasteiger partial charge is 0.361 e. The van der Waals surface area contributed by atoms with E-state index in [2.05, 4.69) is 47.3 Å². The molecule has 3 atom stereocenters. The highest BCUT2D eigenvalue weighted by Crippen LogP contribution is 2.53. The second-order valence-corrected chi connectivity index (χ2v) is 20.4. The summed E-state index contributed by atoms with van der Waals surface area (Å²) in [5.41, 5.74) is 12.2. The van der Waals surface area contributed by atoms with Crippen LogP contribution in [0.3, 0.4) is 0 Å². The van der Waals surface area contributed by atoms with Crippen molar-refractivity contribution in [1.29, 1.82) is 0 Å². The molecule has 3 aliphatic heterocycles. The monoisotopic (exact) mass is 1030 g/mol. The number of thiophene rings is 1. The number of benzene rings is 6. The SMILES string of the molecule is Cc1noc(C)c1-c1ccc2c(c1)C1(NC(=O)NC1=O)c1ccccc1-2.O=C1NC(=O)C2(N1)c1ccccc1-c1ccc(-c3ccc(Cl)s3)cc12.O=C1NC(=O)C2(N1)c1ccccc1-c1ccc(-c3ccn[nH]3)cc12. The summed E-state index contributed by atoms with van der Waals surface area (Å²) in [4.78, 5) is 75.2. The molecular weight excluding hydrogens is 990 g/mol. The van der Waals surface area contributed by atoms with Crippen LogP contribution in [0.1, 0.15) is 44.8 Å². The molecule has 0 saturated carbocycles. The number of hydrogen-bond acceptors (Lipinski definition) is 10. The highest BCUT2D eigenvalue weighted by atomic mass is 35.5. The Morgan fingerprint density at radius 2 is 0.907 bits per heavy atom. The lowest BCUT2D eigenvalue weighted by atomic mass is 9.86. The summed E-state index contributed by atoms with van der Waals surface area (Å²) in [5.74, 6) is -0.331. The first-order valence-corrected chi connectivity index (χ1v) is 24.8. The number of nitrogens with zero attached hydrogens (tertiary/aromatic N) is 2. The first-order chi connectivity index (χ1) is 36.3. The third kappa shape index (κ3) is 6.54. The molecule has 6 heterocycles. The molecule has 18 heteroatoms. The normalized spacial score (nSPS) is 20.4. The van der Waals surface area contributed by atoms with Gasteiger partial charge in [-0.15, -0.1) is 11.3 Å². The number of aryl methyl sites for hydroxylation is 2. The second kappa shape index (κ2) is 16.5. The van der Waals surface area contributed by atoms with E-state index in [-0.39, 0.29) is 17.7 Å². The summed E-state index contributed by atoms with van der Waals surface area (Å²) in [7, 11) is 0. The van der Waals surface area contributed by atoms with Gasteiger partial charge in [0.25, 0.3) is 17.7 Å². The summed E-state index contributed by atoms with van der Waals surface area (Å²) >= 11 is 7.54. The first kappa shape index (κ1) is 45.4. The van der Waals surface area contributed by atoms with Crippen molar-refractivity contribution in [2.24, 2.45) is 0 Å². The maximum Gasteiger partial charge on any atom is 0.322 e. The van der Waals surface area contributed by atoms with E-state index in [1.807, 2.05) is 159 Å². The van der Waals surface area contributed by atoms with Crippen LogP contribution >= 0.6 is 22.9 Å². The van der Waals surface area contributed by atoms with E-state index in [1.54, 1.807) is 6.20 Å². The number of urea groups is 3. The zero-order chi connectivity index (χ0) is 51.5. The third-order valence-corrected chi connectivity index (χ3v) is 16.0. The molecule has 0 bridgehead atoms. The van der Waals surface area contributed by atoms with E-state index in [9.17, 15) is 28.8 Å². The smallest absolute Gasteiger partial charge is 0.322 e. The van der Waals surface area contributed by atoms with E-state index in [0.717, 1.165) is 105 Å². The molecule has 3 aliphatic carbocycles. The topological polar surface area (TPSA) is 229 Å². The molecule has 366 valence electrons. The van der Waals surface area contributed by atoms with Gasteiger partial charge < -0.3 is 20.5 Å². The van der Waals surface area contributed by atoms with Crippen molar-refractivity contribution in [3.63, 3.8) is 0 Å². The Morgan fingerprint density at radius 3 is 1.31 bits per heavy atom. The molecule has 15 rings (SSSR count). The Hall–Kier alpha value is -9.45. The van der Waals surface area contributed by atoms with Crippen molar-refractivity contribution in [1.82, 2.24) is 47.3 Å². The zero-order valence-electron chi connectivity index (χ0n) is 39.5. The fourth-order valence-electron chi connectivity index (χ4n) is 11.6. The van der Waals surface area contributed by atoms with Crippen LogP contribution in [0, 0.1) is 13.8 Å². The van der Waals surface area contributed by atoms with Crippen LogP contribution in [0.15, 0.2) is 156 Å². The summed E-state index contributed by atoms with van der Waals surface area (Å²) in [5, 5.41) is 26.6. The molecule has 6 aromatic carbocycles. The maximum absolute atomic E-state index is 12.8. The van der Waals surface area contributed by atoms with E-state index in [4.69, 9.17) is 16.1 Å². The van der Waals surface area contributed by atoms with E-state index in [0.29, 0.717) is 10.1 Å². The molecule has 3 unspecified atom stereocenters. The minimum absolute atomic E-state index is 0.343. The molecule has 9 aromatic rings. The van der Waals surface area contributed by atoms with E-state index >= 15 is 0 Å². The highest BCUT2D eigenvalue weighted by Gasteiger charge is 2.57. The number of H-pyrrole nitrogens is 1. The number of imide groups is 3. The number of rotatable bonds is 3. The fraction of sp³-hybridized carbons (Fsp3) is 0.0877. The zero-order valence-corrected chi connectivity index (χ0v) is 41.0. The quantitative estimate of drug-likeness (QED) is 0.0835. The Bertz CT molecular complexity index is 4000. The van der Waals surface area contributed by atoms with Crippen molar-refractivity contribution in [3.05, 3.63) is 201 Å². The Kier molecular flexibility index (Phi) is 10.0. The first-order valence-electron chi connectivity index (χ1n) is 23.6. The van der Waals surface area contributed by atoms with E-state index < -0.39 is 34.7 Å². The number of aromatic amines is 1. The third-order valence-electron chi connectivity index (χ3n) is 14.7. The summed E-state index contributed by atoms with van der Waals surface area (Å²) in [6.45, 7) is 3.74. The number of aromatic nitrogens is 3. The molecule has 3 fully saturated rings. The number of carbonyl (C=O) groups excluding carboxylic acids is 6. The number of halogens is 1. The van der Waals surface area contributed by atoms with Crippen molar-refractivity contribution >= 4 is 58.8 Å². The van der Waals surface area contributed by atoms with Gasteiger partial charge in [0.05, 0.1) is 15.7 Å². The number of hydrogen-bond donors (Lipinski definition) is 7. The van der Waals surface area contributed by atoms with Crippen LogP contribution in [0.2, 0.25) is 4.34 Å². The average molecular weight is 1030 g/mol. The maximum atomic E-state index is 12.8. The molecule has 3 saturated heterocycles. The average Bonchev–Trinajstić information content (AvgIpc) is 4.34. The number of carbonyl (C=O) groups is 6. The lowest BCUT2D eigenvalue weighted by molar-refractivity contribution is -0.123. The van der Waals surface area contributed by atoms with Crippen LogP contribution in [0.5, 0.6) is 0 Å². The molecule has 3 aromatic heterocycles. The summed E-state index contributed by atoms with van der Waals surface area (Å²) < 4.78 is 6.00. The van der Waals surface area contributed by atoms with Gasteiger partial charge in [-0.05, 0) is 117 Å². The fourth-order valence-corrected chi connectivity index (χ4v) is 12.6. The lowest BCUT2D eigenvalue weighted by Gasteiger charge is -2.23. The molecule has 7 N–H and O–H groups in total. The van der Waals surface area contributed by atoms with Gasteiger partial charge in [0.1, 0.15) is 5.76 Å². The predicted molar refractivity (Wildman–Crippen MR) is 279 cm³/mol. The number of amides is 9. The lowest BCUT2D eigenvalue weighted by Crippen LogP contribution is -2.43. The summed E-state index contributed by atoms with van der Waals surface area (Å²) in [6, 6.07) is 45.1. The van der Waals surface area contributed by atoms with Gasteiger partial charge >= 0.3 is 18.1 Å². The van der Waals surface area contributed by atoms with Crippen molar-refractivity contribution in [2.45, 2.75) is 30.5 Å². The standard InChI is InChI=1S/C20H15N3O3.C19H11ClN2O2S.C18H12N4O2/c1-10-17(11(2)26-23-10)12-7-8-14-13-5-3-4-6-15(13)20(16(14)9-12)18(24)21-19(25)22-20;20-16-8-7-15(25-16)10-5-6-12-11-3-1-2-4-13(11)19(14(12)9-10)17(23)21-18(24)22-19;23-16-18(21-17(24)20-16)13-4-2-1-3-11(13)12-6-5-10(9-14(12)18)15-7-8-19-22-15/h3-9H,1-2H3,(H2,21,22,24,25);1-9H,(H2,21,22,23,24);1-9H,(H,19,22)(H2,20,21,23,24). The van der Waals surface area contributed by atoms with Gasteiger partial charge in [-0.3, -0.25) is 35.4 Å². The number of nitrogens with one attached hydrogen (secondary N) is 7. The van der Waals surface area contributed by atoms with Crippen molar-refractivity contribution < 1.29 is 33.3 Å². The van der Waals surface area contributed by atoms with Gasteiger partial charge in [0, 0.05) is 33.3 Å². The molecule has 6 aliphatic rings. The Labute approximate surface area is 434 Å². The van der Waals surface area contributed by atoms with Crippen molar-refractivity contribution in [2.75, 3.05) is 0 Å². The van der Waals surface area contributed by atoms with Crippen molar-refractivity contribution in [3.8, 4) is 66.2 Å². The Balaban J connectivity index is 0.000000108. The van der Waals surface area contributed by atoms with Crippen LogP contribution in [0.25, 0.3) is 66.2 Å². The highest BCUT2D eigenvalue weighted by molar-refractivity contribution is 7.19. The van der Waals surface area contributed by atoms with Gasteiger partial charge in [-0.1, -0.05) is 126 Å². The summed E-state index contributed by atoms with van der Waals surface area (Å²) in [6.07, 6.45) is 1.68. The van der Waals surface area contributed by atoms with Crippen LogP contribution < -0.4 is 31.9 Å². The molecule has 9 amide bonds. The van der Waals surface area contributed by atoms with Gasteiger partial charge in [-0.25, -0.2) is 14.4 Å². The molecule has 16 nitrogen and oxygen atoms in total. The molecule has 0 radical (unpaired) electrons. The van der Waals surface area contributed by atoms with Gasteiger partial charge in [-0.2, -0.15) is 5.10 Å². The van der Waals surface area contributed by atoms with Gasteiger partial charge in [0.2, 0.25) is 0 Å². The molecule has 3 spiro atoms. The number of fused-ring (bicyclic) bond motifs is 15. The second-order valence-electron chi connectivity index (χ2n) is 18.7. The molecular formula is C57H38ClN9O7S. The predicted octanol–water partition coefficient (Wildman–Crippen LogP) is 9.29. The minimum atomic E-state index is -1.20. The Morgan fingerprint density at radius 1 is 0.480 bits per heavy atom. The minimum Gasteiger partial charge on any atom is -0.361 e. The van der Waals surface area contributed by atoms with Crippen LogP contribution in [-0.4, -0.2) is 51.2 Å². The van der Waals surface area contributed by atoms with Gasteiger partial charge in [0.15, 0.2) is 16.6 Å². The van der Waals surface area contributed by atoms with E-state index in [1.165, 1.54) is 11.3 Å². The van der Waals surface area contributed by atoms with Crippen LogP contribution in [-0.2, 0) is 31.0 Å². The molecule has 75 heavy (non-hydrogen) atoms.